The van der Waals surface area contributed by atoms with Gasteiger partial charge in [-0.15, -0.1) is 0 Å². The fraction of sp³-hybridized carbons (Fsp3) is 0.300. The Bertz CT molecular complexity index is 1560. The molecular formula is C30H29N5O4. The monoisotopic (exact) mass is 523 g/mol. The van der Waals surface area contributed by atoms with E-state index >= 15 is 0 Å². The van der Waals surface area contributed by atoms with E-state index in [9.17, 15) is 20.0 Å². The van der Waals surface area contributed by atoms with E-state index in [1.54, 1.807) is 24.3 Å². The summed E-state index contributed by atoms with van der Waals surface area (Å²) in [5, 5.41) is 21.6. The van der Waals surface area contributed by atoms with E-state index in [0.717, 1.165) is 37.1 Å². The van der Waals surface area contributed by atoms with Gasteiger partial charge in [0.2, 0.25) is 5.89 Å². The largest absolute Gasteiger partial charge is 0.477 e. The highest BCUT2D eigenvalue weighted by molar-refractivity contribution is 5.94. The third-order valence-electron chi connectivity index (χ3n) is 7.11. The maximum atomic E-state index is 12.8. The lowest BCUT2D eigenvalue weighted by atomic mass is 9.96. The number of nitriles is 1. The van der Waals surface area contributed by atoms with Crippen LogP contribution in [0.15, 0.2) is 59.0 Å². The minimum atomic E-state index is -1.04. The molecule has 2 N–H and O–H groups in total. The van der Waals surface area contributed by atoms with Crippen molar-refractivity contribution in [2.24, 2.45) is 5.92 Å². The molecule has 9 nitrogen and oxygen atoms in total. The van der Waals surface area contributed by atoms with E-state index in [4.69, 9.17) is 4.42 Å². The van der Waals surface area contributed by atoms with Gasteiger partial charge in [0.25, 0.3) is 5.91 Å². The van der Waals surface area contributed by atoms with Gasteiger partial charge in [0.15, 0.2) is 11.3 Å². The highest BCUT2D eigenvalue weighted by Crippen LogP contribution is 2.31. The fourth-order valence-electron chi connectivity index (χ4n) is 4.86. The fourth-order valence-corrected chi connectivity index (χ4v) is 4.86. The molecule has 1 aliphatic rings. The maximum Gasteiger partial charge on any atom is 0.354 e. The van der Waals surface area contributed by atoms with Gasteiger partial charge < -0.3 is 19.7 Å². The molecule has 1 fully saturated rings. The molecule has 2 aromatic carbocycles. The van der Waals surface area contributed by atoms with Crippen molar-refractivity contribution in [2.45, 2.75) is 32.6 Å². The van der Waals surface area contributed by atoms with Crippen LogP contribution in [0.4, 0.5) is 5.82 Å². The Labute approximate surface area is 226 Å². The summed E-state index contributed by atoms with van der Waals surface area (Å²) in [6.07, 6.45) is 1.75. The summed E-state index contributed by atoms with van der Waals surface area (Å²) in [7, 11) is 0. The van der Waals surface area contributed by atoms with Crippen molar-refractivity contribution in [1.29, 1.82) is 5.26 Å². The predicted molar refractivity (Wildman–Crippen MR) is 147 cm³/mol. The van der Waals surface area contributed by atoms with Gasteiger partial charge in [-0.25, -0.2) is 14.8 Å². The molecule has 9 heteroatoms. The van der Waals surface area contributed by atoms with Crippen molar-refractivity contribution in [1.82, 2.24) is 15.3 Å². The topological polar surface area (TPSA) is 132 Å². The number of carboxylic acid groups (broad SMARTS) is 1. The SMILES string of the molecule is CC(C)c1cc(C#N)cc2nc(-c3ccc(C(=O)NCC4CCN(c5cccc(C(=O)O)n5)CC4)cc3)oc12. The Kier molecular flexibility index (Phi) is 7.28. The van der Waals surface area contributed by atoms with Crippen LogP contribution in [0.2, 0.25) is 0 Å². The van der Waals surface area contributed by atoms with Crippen LogP contribution in [0.25, 0.3) is 22.6 Å². The zero-order chi connectivity index (χ0) is 27.5. The second-order valence-electron chi connectivity index (χ2n) is 10.1. The number of piperidine rings is 1. The number of pyridine rings is 1. The Hall–Kier alpha value is -4.71. The molecule has 4 aromatic rings. The van der Waals surface area contributed by atoms with Gasteiger partial charge in [0.1, 0.15) is 11.3 Å². The second kappa shape index (κ2) is 11.0. The summed E-state index contributed by atoms with van der Waals surface area (Å²) in [6.45, 7) is 6.17. The normalized spacial score (nSPS) is 13.9. The van der Waals surface area contributed by atoms with E-state index in [1.165, 1.54) is 6.07 Å². The number of carbonyl (C=O) groups excluding carboxylic acids is 1. The van der Waals surface area contributed by atoms with Gasteiger partial charge in [0, 0.05) is 36.3 Å². The van der Waals surface area contributed by atoms with Crippen LogP contribution in [0.1, 0.15) is 64.6 Å². The average molecular weight is 524 g/mol. The number of aromatic nitrogens is 2. The minimum absolute atomic E-state index is 0.0393. The van der Waals surface area contributed by atoms with Crippen LogP contribution in [-0.2, 0) is 0 Å². The van der Waals surface area contributed by atoms with Crippen LogP contribution in [-0.4, -0.2) is 46.6 Å². The number of oxazole rings is 1. The summed E-state index contributed by atoms with van der Waals surface area (Å²) in [6, 6.07) is 17.9. The Morgan fingerprint density at radius 2 is 1.87 bits per heavy atom. The van der Waals surface area contributed by atoms with Gasteiger partial charge in [-0.05, 0) is 73.2 Å². The van der Waals surface area contributed by atoms with E-state index in [2.05, 4.69) is 26.3 Å². The number of anilines is 1. The molecule has 0 spiro atoms. The first-order chi connectivity index (χ1) is 18.8. The molecule has 1 saturated heterocycles. The number of hydrogen-bond donors (Lipinski definition) is 2. The highest BCUT2D eigenvalue weighted by Gasteiger charge is 2.22. The summed E-state index contributed by atoms with van der Waals surface area (Å²) >= 11 is 0. The van der Waals surface area contributed by atoms with Crippen molar-refractivity contribution in [2.75, 3.05) is 24.5 Å². The zero-order valence-corrected chi connectivity index (χ0v) is 21.8. The Morgan fingerprint density at radius 1 is 1.13 bits per heavy atom. The Morgan fingerprint density at radius 3 is 2.54 bits per heavy atom. The third-order valence-corrected chi connectivity index (χ3v) is 7.11. The number of amides is 1. The average Bonchev–Trinajstić information content (AvgIpc) is 3.40. The predicted octanol–water partition coefficient (Wildman–Crippen LogP) is 5.23. The molecule has 0 saturated carbocycles. The molecule has 3 heterocycles. The van der Waals surface area contributed by atoms with Gasteiger partial charge in [-0.3, -0.25) is 4.79 Å². The molecule has 0 bridgehead atoms. The van der Waals surface area contributed by atoms with Crippen LogP contribution in [0.5, 0.6) is 0 Å². The molecule has 0 aliphatic carbocycles. The minimum Gasteiger partial charge on any atom is -0.477 e. The number of rotatable bonds is 7. The van der Waals surface area contributed by atoms with Crippen LogP contribution in [0, 0.1) is 17.2 Å². The highest BCUT2D eigenvalue weighted by atomic mass is 16.4. The standard InChI is InChI=1S/C30H29N5O4/c1-18(2)23-14-20(16-31)15-25-27(23)39-29(34-25)22-8-6-21(7-9-22)28(36)32-17-19-10-12-35(13-11-19)26-5-3-4-24(33-26)30(37)38/h3-9,14-15,18-19H,10-13,17H2,1-2H3,(H,32,36)(H,37,38). The third kappa shape index (κ3) is 5.60. The first-order valence-corrected chi connectivity index (χ1v) is 13.0. The molecule has 0 atom stereocenters. The number of fused-ring (bicyclic) bond motifs is 1. The second-order valence-corrected chi connectivity index (χ2v) is 10.1. The summed E-state index contributed by atoms with van der Waals surface area (Å²) < 4.78 is 6.07. The van der Waals surface area contributed by atoms with Gasteiger partial charge in [0.05, 0.1) is 11.6 Å². The molecule has 2 aromatic heterocycles. The quantitative estimate of drug-likeness (QED) is 0.337. The van der Waals surface area contributed by atoms with Crippen LogP contribution in [0.3, 0.4) is 0 Å². The molecule has 1 amide bonds. The lowest BCUT2D eigenvalue weighted by molar-refractivity contribution is 0.0690. The van der Waals surface area contributed by atoms with Gasteiger partial charge in [-0.2, -0.15) is 5.26 Å². The summed E-state index contributed by atoms with van der Waals surface area (Å²) in [5.41, 5.74) is 4.16. The Balaban J connectivity index is 1.18. The first-order valence-electron chi connectivity index (χ1n) is 13.0. The van der Waals surface area contributed by atoms with E-state index in [-0.39, 0.29) is 17.5 Å². The molecule has 5 rings (SSSR count). The summed E-state index contributed by atoms with van der Waals surface area (Å²) in [4.78, 5) is 34.9. The molecular weight excluding hydrogens is 494 g/mol. The van der Waals surface area contributed by atoms with Gasteiger partial charge >= 0.3 is 5.97 Å². The lowest BCUT2D eigenvalue weighted by Crippen LogP contribution is -2.39. The molecule has 198 valence electrons. The van der Waals surface area contributed by atoms with Crippen molar-refractivity contribution < 1.29 is 19.1 Å². The maximum absolute atomic E-state index is 12.8. The van der Waals surface area contributed by atoms with Crippen molar-refractivity contribution in [3.05, 3.63) is 77.0 Å². The number of nitrogens with one attached hydrogen (secondary N) is 1. The van der Waals surface area contributed by atoms with Crippen LogP contribution >= 0.6 is 0 Å². The lowest BCUT2D eigenvalue weighted by Gasteiger charge is -2.33. The summed E-state index contributed by atoms with van der Waals surface area (Å²) in [5.74, 6) is 0.454. The number of benzene rings is 2. The number of nitrogens with zero attached hydrogens (tertiary/aromatic N) is 4. The van der Waals surface area contributed by atoms with Gasteiger partial charge in [-0.1, -0.05) is 19.9 Å². The van der Waals surface area contributed by atoms with Crippen LogP contribution < -0.4 is 10.2 Å². The van der Waals surface area contributed by atoms with E-state index < -0.39 is 5.97 Å². The molecule has 39 heavy (non-hydrogen) atoms. The van der Waals surface area contributed by atoms with E-state index in [1.807, 2.05) is 38.1 Å². The zero-order valence-electron chi connectivity index (χ0n) is 21.8. The molecule has 0 radical (unpaired) electrons. The number of hydrogen-bond acceptors (Lipinski definition) is 7. The first kappa shape index (κ1) is 25.9. The molecule has 0 unspecified atom stereocenters. The van der Waals surface area contributed by atoms with Crippen molar-refractivity contribution in [3.63, 3.8) is 0 Å². The smallest absolute Gasteiger partial charge is 0.354 e. The number of aromatic carboxylic acids is 1. The van der Waals surface area contributed by atoms with Crippen molar-refractivity contribution >= 4 is 28.8 Å². The van der Waals surface area contributed by atoms with E-state index in [0.29, 0.717) is 46.4 Å². The molecule has 1 aliphatic heterocycles. The number of carbonyl (C=O) groups is 2. The number of carboxylic acids is 1. The van der Waals surface area contributed by atoms with Crippen molar-refractivity contribution in [3.8, 4) is 17.5 Å².